The van der Waals surface area contributed by atoms with E-state index in [2.05, 4.69) is 9.97 Å². The standard InChI is InChI=1S/2C8H10O5.2C7H6N2S.Ni.6H2O/c2*9-7(10)5-3-1-2-4(13-3)6(5)8(11)12;2*8-7-9-5-3-1-2-4-6(5)10-7;;;;;;;/h2*3-6H,1-2H2,(H,9,10)(H,11,12);2*1-4H,(H2,8,9);;6*1H2/q;;;;+2;;;;;;/p-2/t2*3-,4+,5-,6+;;;;;;;;;. The molecule has 4 aliphatic heterocycles. The van der Waals surface area contributed by atoms with E-state index in [4.69, 9.17) is 20.9 Å². The van der Waals surface area contributed by atoms with Crippen LogP contribution in [0.3, 0.4) is 0 Å². The molecule has 2 aromatic carbocycles. The van der Waals surface area contributed by atoms with Gasteiger partial charge in [0.1, 0.15) is 11.0 Å². The molecule has 8 atom stereocenters. The van der Waals surface area contributed by atoms with E-state index in [0.29, 0.717) is 25.7 Å². The van der Waals surface area contributed by atoms with Crippen LogP contribution in [0.25, 0.3) is 20.4 Å². The molecule has 0 amide bonds. The third-order valence-electron chi connectivity index (χ3n) is 8.36. The van der Waals surface area contributed by atoms with Gasteiger partial charge >= 0.3 is 26.8 Å². The maximum absolute atomic E-state index is 10.6. The predicted octanol–water partition coefficient (Wildman–Crippen LogP) is -7.80. The molecule has 0 spiro atoms. The summed E-state index contributed by atoms with van der Waals surface area (Å²) in [7, 11) is 0. The van der Waals surface area contributed by atoms with Gasteiger partial charge in [-0.15, -0.1) is 0 Å². The zero-order valence-corrected chi connectivity index (χ0v) is 30.1. The Kier molecular flexibility index (Phi) is 22.9. The molecule has 0 saturated carbocycles. The van der Waals surface area contributed by atoms with E-state index in [1.165, 1.54) is 9.40 Å². The number of nitrogens with one attached hydrogen (secondary N) is 2. The molecule has 4 aromatic rings. The number of carboxylic acid groups (broad SMARTS) is 4. The topological polar surface area (TPSA) is 448 Å². The van der Waals surface area contributed by atoms with Crippen LogP contribution in [0, 0.1) is 23.7 Å². The van der Waals surface area contributed by atoms with Crippen molar-refractivity contribution in [3.8, 4) is 0 Å². The van der Waals surface area contributed by atoms with Crippen molar-refractivity contribution in [1.29, 1.82) is 0 Å². The molecule has 23 heteroatoms. The van der Waals surface area contributed by atoms with Gasteiger partial charge in [-0.3, -0.25) is 11.5 Å². The van der Waals surface area contributed by atoms with Crippen molar-refractivity contribution in [2.45, 2.75) is 50.1 Å². The zero-order valence-electron chi connectivity index (χ0n) is 27.4. The largest absolute Gasteiger partial charge is 2.00 e. The number of hydrogen-bond donors (Lipinski definition) is 2. The Hall–Kier alpha value is -4.13. The van der Waals surface area contributed by atoms with E-state index in [1.54, 1.807) is 22.7 Å². The number of nitrogen functional groups attached to an aromatic ring is 2. The second-order valence-electron chi connectivity index (χ2n) is 11.1. The number of rotatable bonds is 4. The van der Waals surface area contributed by atoms with Crippen molar-refractivity contribution < 1.29 is 108 Å². The molecule has 0 aliphatic carbocycles. The first-order valence-electron chi connectivity index (χ1n) is 14.4. The Labute approximate surface area is 318 Å². The van der Waals surface area contributed by atoms with Crippen LogP contribution >= 0.6 is 22.7 Å². The summed E-state index contributed by atoms with van der Waals surface area (Å²) >= 11 is 3.15. The summed E-state index contributed by atoms with van der Waals surface area (Å²) < 4.78 is 12.8. The van der Waals surface area contributed by atoms with Gasteiger partial charge in [0, 0.05) is 47.5 Å². The maximum Gasteiger partial charge on any atom is 2.00 e. The number of anilines is 2. The van der Waals surface area contributed by atoms with Gasteiger partial charge in [-0.1, -0.05) is 24.3 Å². The van der Waals surface area contributed by atoms with Crippen molar-refractivity contribution in [2.75, 3.05) is 11.5 Å². The first-order chi connectivity index (χ1) is 21.9. The van der Waals surface area contributed by atoms with Gasteiger partial charge in [-0.25, -0.2) is 9.97 Å². The van der Waals surface area contributed by atoms with Crippen LogP contribution in [-0.2, 0) is 45.1 Å². The van der Waals surface area contributed by atoms with Crippen LogP contribution in [0.15, 0.2) is 48.5 Å². The molecule has 18 N–H and O–H groups in total. The van der Waals surface area contributed by atoms with Gasteiger partial charge in [0.2, 0.25) is 0 Å². The van der Waals surface area contributed by atoms with Crippen LogP contribution in [0.5, 0.6) is 0 Å². The number of hydrogen-bond acceptors (Lipinski definition) is 14. The molecule has 4 aliphatic rings. The number of aromatic amines is 2. The minimum atomic E-state index is -1.35. The van der Waals surface area contributed by atoms with Crippen molar-refractivity contribution in [2.24, 2.45) is 23.7 Å². The van der Waals surface area contributed by atoms with E-state index >= 15 is 0 Å². The van der Waals surface area contributed by atoms with Gasteiger partial charge in [-0.2, -0.15) is 0 Å². The molecule has 0 radical (unpaired) electrons. The molecule has 53 heavy (non-hydrogen) atoms. The van der Waals surface area contributed by atoms with Crippen molar-refractivity contribution in [1.82, 2.24) is 0 Å². The van der Waals surface area contributed by atoms with Crippen LogP contribution in [0.2, 0.25) is 0 Å². The molecular formula is C30H42N4NiO16S2. The fourth-order valence-electron chi connectivity index (χ4n) is 6.42. The summed E-state index contributed by atoms with van der Waals surface area (Å²) in [6.07, 6.45) is 0.465. The molecule has 4 bridgehead atoms. The number of aromatic nitrogens is 2. The van der Waals surface area contributed by atoms with E-state index in [9.17, 15) is 39.6 Å². The van der Waals surface area contributed by atoms with Gasteiger partial charge in [0.25, 0.3) is 0 Å². The number of carboxylic acids is 4. The second kappa shape index (κ2) is 22.8. The fourth-order valence-corrected chi connectivity index (χ4v) is 7.97. The summed E-state index contributed by atoms with van der Waals surface area (Å²) in [5.74, 6) is -9.48. The number of H-pyrrole nitrogens is 2. The number of para-hydroxylation sites is 2. The Morgan fingerprint density at radius 3 is 1.00 bits per heavy atom. The first-order valence-corrected chi connectivity index (χ1v) is 16.0. The monoisotopic (exact) mass is 836 g/mol. The van der Waals surface area contributed by atoms with E-state index in [1.807, 2.05) is 48.5 Å². The summed E-state index contributed by atoms with van der Waals surface area (Å²) in [5.41, 5.74) is 13.3. The number of carbonyl (C=O) groups excluding carboxylic acids is 4. The molecule has 20 nitrogen and oxygen atoms in total. The van der Waals surface area contributed by atoms with Crippen LogP contribution < -0.4 is 41.9 Å². The molecule has 300 valence electrons. The van der Waals surface area contributed by atoms with E-state index in [0.717, 1.165) is 21.3 Å². The zero-order chi connectivity index (χ0) is 33.1. The second-order valence-corrected chi connectivity index (χ2v) is 13.3. The summed E-state index contributed by atoms with van der Waals surface area (Å²) in [6, 6.07) is 16.1. The van der Waals surface area contributed by atoms with Crippen molar-refractivity contribution >= 4 is 77.2 Å². The Balaban J connectivity index is -0.000000606. The average molecular weight is 838 g/mol. The molecular weight excluding hydrogens is 795 g/mol. The van der Waals surface area contributed by atoms with E-state index in [-0.39, 0.29) is 49.3 Å². The summed E-state index contributed by atoms with van der Waals surface area (Å²) in [5, 5.41) is 44.0. The molecule has 6 heterocycles. The summed E-state index contributed by atoms with van der Waals surface area (Å²) in [6.45, 7) is 0. The number of ether oxygens (including phenoxy) is 2. The van der Waals surface area contributed by atoms with Gasteiger partial charge in [0.15, 0.2) is 0 Å². The molecule has 4 fully saturated rings. The number of aliphatic carboxylic acids is 4. The third kappa shape index (κ3) is 11.9. The minimum Gasteiger partial charge on any atom is -0.550 e. The normalized spacial score (nSPS) is 24.6. The summed E-state index contributed by atoms with van der Waals surface area (Å²) in [4.78, 5) is 48.6. The number of fused-ring (bicyclic) bond motifs is 6. The third-order valence-corrected chi connectivity index (χ3v) is 10.2. The van der Waals surface area contributed by atoms with E-state index < -0.39 is 72.0 Å². The van der Waals surface area contributed by atoms with Crippen LogP contribution in [0.4, 0.5) is 10.3 Å². The molecule has 4 saturated heterocycles. The Bertz CT molecular complexity index is 1520. The molecule has 8 rings (SSSR count). The number of benzene rings is 2. The fraction of sp³-hybridized carbons (Fsp3) is 0.400. The van der Waals surface area contributed by atoms with Crippen LogP contribution in [-0.4, -0.2) is 81.2 Å². The Morgan fingerprint density at radius 1 is 0.528 bits per heavy atom. The average Bonchev–Trinajstić information content (AvgIpc) is 3.85. The molecule has 2 aromatic heterocycles. The van der Waals surface area contributed by atoms with Crippen molar-refractivity contribution in [3.05, 3.63) is 48.5 Å². The maximum atomic E-state index is 10.6. The SMILES string of the molecule is Nc1[nH+]c2ccccc2s1.Nc1[nH+]c2ccccc2s1.O.O.O.O.O.O.O=C([O-])[C@@H]1[C@H](C(=O)[O-])[C@H]2CC[C@@H]1O2.O=C([O-])[C@@H]1[C@H](C(=O)[O-])[C@H]2CC[C@@H]1O2.[Ni+2]. The number of carbonyl (C=O) groups is 4. The van der Waals surface area contributed by atoms with Crippen molar-refractivity contribution in [3.63, 3.8) is 0 Å². The number of nitrogens with two attached hydrogens (primary N) is 2. The van der Waals surface area contributed by atoms with Gasteiger partial charge in [0.05, 0.1) is 33.8 Å². The minimum absolute atomic E-state index is 0. The smallest absolute Gasteiger partial charge is 0.550 e. The van der Waals surface area contributed by atoms with Gasteiger partial charge < -0.3 is 81.9 Å². The van der Waals surface area contributed by atoms with Crippen LogP contribution in [0.1, 0.15) is 25.7 Å². The predicted molar refractivity (Wildman–Crippen MR) is 177 cm³/mol. The quantitative estimate of drug-likeness (QED) is 0.181. The van der Waals surface area contributed by atoms with Gasteiger partial charge in [-0.05, 0) is 72.6 Å². The molecule has 0 unspecified atom stereocenters. The first kappa shape index (κ1) is 53.2. The Morgan fingerprint density at radius 2 is 0.774 bits per heavy atom. The number of thiazole rings is 2.